The number of halogens is 1. The Hall–Kier alpha value is 0.440. The molecule has 2 saturated carbocycles. The molecule has 1 nitrogen and oxygen atoms in total. The first-order chi connectivity index (χ1) is 8.27. The Morgan fingerprint density at radius 3 is 2.53 bits per heavy atom. The van der Waals surface area contributed by atoms with Gasteiger partial charge in [-0.05, 0) is 50.4 Å². The molecular weight excluding hydrogens is 276 g/mol. The molecule has 17 heavy (non-hydrogen) atoms. The van der Waals surface area contributed by atoms with Gasteiger partial charge in [-0.25, -0.2) is 0 Å². The Bertz CT molecular complexity index is 260. The fourth-order valence-electron chi connectivity index (χ4n) is 4.43. The lowest BCUT2D eigenvalue weighted by Crippen LogP contribution is -2.40. The first-order valence-electron chi connectivity index (χ1n) is 7.55. The average molecular weight is 301 g/mol. The van der Waals surface area contributed by atoms with Crippen molar-refractivity contribution in [2.24, 2.45) is 11.8 Å². The van der Waals surface area contributed by atoms with Crippen LogP contribution in [0.3, 0.4) is 0 Å². The predicted molar refractivity (Wildman–Crippen MR) is 74.5 cm³/mol. The van der Waals surface area contributed by atoms with Crippen molar-refractivity contribution < 1.29 is 4.74 Å². The molecule has 3 fully saturated rings. The standard InChI is InChI=1S/C15H25BrO/c16-14-5-3-4-12(10-14)13-6-9-17-15(11-13)7-1-2-8-15/h12-14H,1-11H2. The summed E-state index contributed by atoms with van der Waals surface area (Å²) in [5.41, 5.74) is 0.322. The number of hydrogen-bond donors (Lipinski definition) is 0. The SMILES string of the molecule is BrC1CCCC(C2CCOC3(CCCC3)C2)C1. The highest BCUT2D eigenvalue weighted by atomic mass is 79.9. The van der Waals surface area contributed by atoms with Crippen LogP contribution in [0.2, 0.25) is 0 Å². The Morgan fingerprint density at radius 1 is 0.941 bits per heavy atom. The van der Waals surface area contributed by atoms with Crippen molar-refractivity contribution in [1.82, 2.24) is 0 Å². The van der Waals surface area contributed by atoms with Crippen LogP contribution in [-0.4, -0.2) is 17.0 Å². The maximum absolute atomic E-state index is 6.16. The molecule has 1 spiro atoms. The summed E-state index contributed by atoms with van der Waals surface area (Å²) in [5, 5.41) is 0. The minimum absolute atomic E-state index is 0.322. The number of alkyl halides is 1. The van der Waals surface area contributed by atoms with Gasteiger partial charge in [0.25, 0.3) is 0 Å². The summed E-state index contributed by atoms with van der Waals surface area (Å²) < 4.78 is 6.16. The maximum Gasteiger partial charge on any atom is 0.0685 e. The quantitative estimate of drug-likeness (QED) is 0.639. The molecule has 0 N–H and O–H groups in total. The molecule has 3 unspecified atom stereocenters. The van der Waals surface area contributed by atoms with Gasteiger partial charge in [-0.3, -0.25) is 0 Å². The van der Waals surface area contributed by atoms with Gasteiger partial charge in [0.05, 0.1) is 5.60 Å². The molecule has 0 radical (unpaired) electrons. The molecule has 3 rings (SSSR count). The van der Waals surface area contributed by atoms with Crippen LogP contribution >= 0.6 is 15.9 Å². The van der Waals surface area contributed by atoms with Crippen LogP contribution in [0, 0.1) is 11.8 Å². The Balaban J connectivity index is 1.62. The van der Waals surface area contributed by atoms with Gasteiger partial charge in [0.1, 0.15) is 0 Å². The summed E-state index contributed by atoms with van der Waals surface area (Å²) in [6.45, 7) is 1.04. The first kappa shape index (κ1) is 12.5. The Kier molecular flexibility index (Phi) is 3.82. The molecule has 3 atom stereocenters. The largest absolute Gasteiger partial charge is 0.375 e. The van der Waals surface area contributed by atoms with Gasteiger partial charge in [-0.15, -0.1) is 0 Å². The van der Waals surface area contributed by atoms with E-state index in [-0.39, 0.29) is 0 Å². The second-order valence-corrected chi connectivity index (χ2v) is 7.81. The summed E-state index contributed by atoms with van der Waals surface area (Å²) >= 11 is 3.84. The zero-order chi connectivity index (χ0) is 11.7. The van der Waals surface area contributed by atoms with E-state index < -0.39 is 0 Å². The second kappa shape index (κ2) is 5.21. The lowest BCUT2D eigenvalue weighted by molar-refractivity contribution is -0.104. The first-order valence-corrected chi connectivity index (χ1v) is 8.47. The van der Waals surface area contributed by atoms with E-state index in [0.717, 1.165) is 23.3 Å². The van der Waals surface area contributed by atoms with Crippen LogP contribution in [-0.2, 0) is 4.74 Å². The zero-order valence-corrected chi connectivity index (χ0v) is 12.4. The molecule has 3 aliphatic rings. The van der Waals surface area contributed by atoms with Crippen molar-refractivity contribution in [3.8, 4) is 0 Å². The normalized spacial score (nSPS) is 41.8. The second-order valence-electron chi connectivity index (χ2n) is 6.52. The van der Waals surface area contributed by atoms with Crippen LogP contribution in [0.15, 0.2) is 0 Å². The van der Waals surface area contributed by atoms with Crippen molar-refractivity contribution in [3.63, 3.8) is 0 Å². The van der Waals surface area contributed by atoms with E-state index in [1.807, 2.05) is 0 Å². The van der Waals surface area contributed by atoms with Gasteiger partial charge in [0.2, 0.25) is 0 Å². The van der Waals surface area contributed by atoms with Gasteiger partial charge in [-0.2, -0.15) is 0 Å². The summed E-state index contributed by atoms with van der Waals surface area (Å²) in [6, 6.07) is 0. The van der Waals surface area contributed by atoms with Gasteiger partial charge in [-0.1, -0.05) is 41.6 Å². The van der Waals surface area contributed by atoms with Crippen LogP contribution in [0.4, 0.5) is 0 Å². The van der Waals surface area contributed by atoms with Crippen molar-refractivity contribution in [1.29, 1.82) is 0 Å². The number of rotatable bonds is 1. The molecule has 1 aliphatic heterocycles. The van der Waals surface area contributed by atoms with Crippen molar-refractivity contribution >= 4 is 15.9 Å². The smallest absolute Gasteiger partial charge is 0.0685 e. The Labute approximate surface area is 114 Å². The summed E-state index contributed by atoms with van der Waals surface area (Å²) in [7, 11) is 0. The third kappa shape index (κ3) is 2.73. The van der Waals surface area contributed by atoms with Gasteiger partial charge >= 0.3 is 0 Å². The number of ether oxygens (including phenoxy) is 1. The van der Waals surface area contributed by atoms with Crippen LogP contribution in [0.5, 0.6) is 0 Å². The molecule has 0 aromatic heterocycles. The Morgan fingerprint density at radius 2 is 1.76 bits per heavy atom. The molecule has 0 bridgehead atoms. The molecule has 0 aromatic carbocycles. The van der Waals surface area contributed by atoms with E-state index in [0.29, 0.717) is 5.60 Å². The van der Waals surface area contributed by atoms with E-state index in [1.54, 1.807) is 0 Å². The molecule has 1 heterocycles. The van der Waals surface area contributed by atoms with Crippen molar-refractivity contribution in [2.45, 2.75) is 74.6 Å². The molecule has 0 amide bonds. The molecule has 98 valence electrons. The highest BCUT2D eigenvalue weighted by Gasteiger charge is 2.42. The third-order valence-electron chi connectivity index (χ3n) is 5.36. The molecule has 1 saturated heterocycles. The fourth-order valence-corrected chi connectivity index (χ4v) is 5.23. The van der Waals surface area contributed by atoms with E-state index in [2.05, 4.69) is 15.9 Å². The minimum atomic E-state index is 0.322. The summed E-state index contributed by atoms with van der Waals surface area (Å²) in [5.74, 6) is 1.94. The summed E-state index contributed by atoms with van der Waals surface area (Å²) in [6.07, 6.45) is 13.9. The van der Waals surface area contributed by atoms with Crippen molar-refractivity contribution in [3.05, 3.63) is 0 Å². The molecule has 2 aliphatic carbocycles. The van der Waals surface area contributed by atoms with Crippen LogP contribution < -0.4 is 0 Å². The van der Waals surface area contributed by atoms with Crippen LogP contribution in [0.25, 0.3) is 0 Å². The lowest BCUT2D eigenvalue weighted by atomic mass is 9.72. The van der Waals surface area contributed by atoms with E-state index in [9.17, 15) is 0 Å². The molecular formula is C15H25BrO. The predicted octanol–water partition coefficient (Wildman–Crippen LogP) is 4.68. The molecule has 0 aromatic rings. The lowest BCUT2D eigenvalue weighted by Gasteiger charge is -2.43. The number of hydrogen-bond acceptors (Lipinski definition) is 1. The van der Waals surface area contributed by atoms with E-state index >= 15 is 0 Å². The average Bonchev–Trinajstić information content (AvgIpc) is 2.77. The minimum Gasteiger partial charge on any atom is -0.375 e. The van der Waals surface area contributed by atoms with E-state index in [4.69, 9.17) is 4.74 Å². The fraction of sp³-hybridized carbons (Fsp3) is 1.00. The van der Waals surface area contributed by atoms with Gasteiger partial charge in [0.15, 0.2) is 0 Å². The highest BCUT2D eigenvalue weighted by molar-refractivity contribution is 9.09. The topological polar surface area (TPSA) is 9.23 Å². The van der Waals surface area contributed by atoms with Crippen molar-refractivity contribution in [2.75, 3.05) is 6.61 Å². The highest BCUT2D eigenvalue weighted by Crippen LogP contribution is 2.47. The van der Waals surface area contributed by atoms with Gasteiger partial charge in [0, 0.05) is 11.4 Å². The summed E-state index contributed by atoms with van der Waals surface area (Å²) in [4.78, 5) is 0.795. The maximum atomic E-state index is 6.16. The monoisotopic (exact) mass is 300 g/mol. The van der Waals surface area contributed by atoms with Gasteiger partial charge < -0.3 is 4.74 Å². The van der Waals surface area contributed by atoms with E-state index in [1.165, 1.54) is 64.2 Å². The van der Waals surface area contributed by atoms with Crippen LogP contribution in [0.1, 0.15) is 64.2 Å². The zero-order valence-electron chi connectivity index (χ0n) is 10.8. The third-order valence-corrected chi connectivity index (χ3v) is 6.19. The molecule has 2 heteroatoms.